The lowest BCUT2D eigenvalue weighted by Gasteiger charge is -2.18. The molecule has 0 aromatic heterocycles. The zero-order chi connectivity index (χ0) is 16.7. The summed E-state index contributed by atoms with van der Waals surface area (Å²) in [6.45, 7) is 6.99. The molecule has 2 N–H and O–H groups in total. The Morgan fingerprint density at radius 1 is 1.43 bits per heavy atom. The molecule has 0 saturated carbocycles. The maximum atomic E-state index is 11.8. The van der Waals surface area contributed by atoms with Crippen molar-refractivity contribution in [3.63, 3.8) is 0 Å². The van der Waals surface area contributed by atoms with Crippen molar-refractivity contribution >= 4 is 27.8 Å². The second-order valence-electron chi connectivity index (χ2n) is 5.65. The second-order valence-corrected chi connectivity index (χ2v) is 6.56. The molecule has 1 saturated heterocycles. The first-order chi connectivity index (χ1) is 11.1. The number of amides is 1. The molecule has 2 rings (SSSR count). The summed E-state index contributed by atoms with van der Waals surface area (Å²) in [6.07, 6.45) is 1.54. The first-order valence-corrected chi connectivity index (χ1v) is 8.98. The van der Waals surface area contributed by atoms with E-state index in [0.29, 0.717) is 13.0 Å². The van der Waals surface area contributed by atoms with E-state index in [1.54, 1.807) is 0 Å². The summed E-state index contributed by atoms with van der Waals surface area (Å²) in [6, 6.07) is 8.43. The van der Waals surface area contributed by atoms with Crippen LogP contribution in [-0.4, -0.2) is 42.4 Å². The summed E-state index contributed by atoms with van der Waals surface area (Å²) < 4.78 is 1.06. The lowest BCUT2D eigenvalue weighted by Crippen LogP contribution is -2.45. The monoisotopic (exact) mass is 380 g/mol. The molecule has 23 heavy (non-hydrogen) atoms. The minimum atomic E-state index is 0.227. The molecule has 126 valence electrons. The topological polar surface area (TPSA) is 56.7 Å². The normalized spacial score (nSPS) is 18.1. The molecule has 1 atom stereocenters. The second kappa shape index (κ2) is 8.91. The predicted molar refractivity (Wildman–Crippen MR) is 97.4 cm³/mol. The van der Waals surface area contributed by atoms with E-state index < -0.39 is 0 Å². The van der Waals surface area contributed by atoms with Gasteiger partial charge in [0.05, 0.1) is 6.54 Å². The van der Waals surface area contributed by atoms with E-state index in [0.717, 1.165) is 42.1 Å². The van der Waals surface area contributed by atoms with Crippen LogP contribution in [0.3, 0.4) is 0 Å². The van der Waals surface area contributed by atoms with Crippen LogP contribution in [0.2, 0.25) is 0 Å². The fourth-order valence-electron chi connectivity index (χ4n) is 2.65. The van der Waals surface area contributed by atoms with Gasteiger partial charge in [-0.1, -0.05) is 35.0 Å². The highest BCUT2D eigenvalue weighted by atomic mass is 79.9. The minimum absolute atomic E-state index is 0.227. The fraction of sp³-hybridized carbons (Fsp3) is 0.529. The molecule has 0 spiro atoms. The van der Waals surface area contributed by atoms with E-state index in [2.05, 4.69) is 50.6 Å². The van der Waals surface area contributed by atoms with Crippen LogP contribution in [0.4, 0.5) is 0 Å². The van der Waals surface area contributed by atoms with E-state index in [1.165, 1.54) is 0 Å². The quantitative estimate of drug-likeness (QED) is 0.609. The van der Waals surface area contributed by atoms with Crippen molar-refractivity contribution in [3.8, 4) is 0 Å². The molecule has 5 nitrogen and oxygen atoms in total. The molecule has 1 aromatic rings. The average molecular weight is 381 g/mol. The molecule has 1 fully saturated rings. The maximum absolute atomic E-state index is 11.8. The van der Waals surface area contributed by atoms with Gasteiger partial charge >= 0.3 is 0 Å². The van der Waals surface area contributed by atoms with Crippen molar-refractivity contribution in [2.45, 2.75) is 39.3 Å². The molecule has 1 heterocycles. The molecule has 0 bridgehead atoms. The largest absolute Gasteiger partial charge is 0.357 e. The van der Waals surface area contributed by atoms with E-state index in [-0.39, 0.29) is 11.9 Å². The van der Waals surface area contributed by atoms with Crippen LogP contribution in [0, 0.1) is 0 Å². The molecular weight excluding hydrogens is 356 g/mol. The molecule has 1 unspecified atom stereocenters. The van der Waals surface area contributed by atoms with Crippen LogP contribution in [-0.2, 0) is 11.3 Å². The van der Waals surface area contributed by atoms with Gasteiger partial charge in [-0.15, -0.1) is 0 Å². The summed E-state index contributed by atoms with van der Waals surface area (Å²) in [7, 11) is 0. The Kier molecular flexibility index (Phi) is 6.89. The highest BCUT2D eigenvalue weighted by molar-refractivity contribution is 9.10. The van der Waals surface area contributed by atoms with E-state index in [9.17, 15) is 4.79 Å². The first kappa shape index (κ1) is 17.8. The lowest BCUT2D eigenvalue weighted by molar-refractivity contribution is -0.129. The Hall–Kier alpha value is -1.56. The minimum Gasteiger partial charge on any atom is -0.357 e. The van der Waals surface area contributed by atoms with E-state index in [1.807, 2.05) is 24.0 Å². The van der Waals surface area contributed by atoms with Gasteiger partial charge in [0, 0.05) is 36.6 Å². The third-order valence-corrected chi connectivity index (χ3v) is 4.33. The van der Waals surface area contributed by atoms with Crippen molar-refractivity contribution < 1.29 is 4.79 Å². The van der Waals surface area contributed by atoms with Crippen molar-refractivity contribution in [2.75, 3.05) is 19.6 Å². The SMILES string of the molecule is CCNC(=NCc1cccc(Br)c1)NC1CCN(C(=O)CC)C1. The van der Waals surface area contributed by atoms with Gasteiger partial charge in [-0.05, 0) is 31.0 Å². The van der Waals surface area contributed by atoms with Gasteiger partial charge in [-0.25, -0.2) is 4.99 Å². The molecular formula is C17H25BrN4O. The van der Waals surface area contributed by atoms with Gasteiger partial charge in [0.25, 0.3) is 0 Å². The average Bonchev–Trinajstić information content (AvgIpc) is 3.01. The molecule has 6 heteroatoms. The van der Waals surface area contributed by atoms with Gasteiger partial charge in [-0.2, -0.15) is 0 Å². The van der Waals surface area contributed by atoms with Crippen LogP contribution >= 0.6 is 15.9 Å². The first-order valence-electron chi connectivity index (χ1n) is 8.19. The van der Waals surface area contributed by atoms with Gasteiger partial charge < -0.3 is 15.5 Å². The Bertz CT molecular complexity index is 561. The van der Waals surface area contributed by atoms with Crippen molar-refractivity contribution in [1.29, 1.82) is 0 Å². The number of aliphatic imine (C=N–C) groups is 1. The van der Waals surface area contributed by atoms with Crippen LogP contribution in [0.5, 0.6) is 0 Å². The van der Waals surface area contributed by atoms with E-state index in [4.69, 9.17) is 0 Å². The number of nitrogens with zero attached hydrogens (tertiary/aromatic N) is 2. The highest BCUT2D eigenvalue weighted by Crippen LogP contribution is 2.13. The Labute approximate surface area is 146 Å². The smallest absolute Gasteiger partial charge is 0.222 e. The summed E-state index contributed by atoms with van der Waals surface area (Å²) in [4.78, 5) is 18.3. The number of nitrogens with one attached hydrogen (secondary N) is 2. The number of guanidine groups is 1. The Morgan fingerprint density at radius 2 is 2.26 bits per heavy atom. The lowest BCUT2D eigenvalue weighted by atomic mass is 10.2. The summed E-state index contributed by atoms with van der Waals surface area (Å²) >= 11 is 3.48. The number of rotatable bonds is 5. The maximum Gasteiger partial charge on any atom is 0.222 e. The molecule has 1 aliphatic heterocycles. The molecule has 1 aromatic carbocycles. The molecule has 0 radical (unpaired) electrons. The molecule has 1 aliphatic rings. The molecule has 0 aliphatic carbocycles. The van der Waals surface area contributed by atoms with Crippen molar-refractivity contribution in [2.24, 2.45) is 4.99 Å². The Balaban J connectivity index is 1.93. The standard InChI is InChI=1S/C17H25BrN4O/c1-3-16(23)22-9-8-15(12-22)21-17(19-4-2)20-11-13-6-5-7-14(18)10-13/h5-7,10,15H,3-4,8-9,11-12H2,1-2H3,(H2,19,20,21). The number of carbonyl (C=O) groups excluding carboxylic acids is 1. The Morgan fingerprint density at radius 3 is 2.96 bits per heavy atom. The zero-order valence-electron chi connectivity index (χ0n) is 13.8. The fourth-order valence-corrected chi connectivity index (χ4v) is 3.09. The number of carbonyl (C=O) groups is 1. The number of hydrogen-bond donors (Lipinski definition) is 2. The van der Waals surface area contributed by atoms with Crippen LogP contribution in [0.25, 0.3) is 0 Å². The number of likely N-dealkylation sites (tertiary alicyclic amines) is 1. The zero-order valence-corrected chi connectivity index (χ0v) is 15.4. The summed E-state index contributed by atoms with van der Waals surface area (Å²) in [5, 5.41) is 6.72. The van der Waals surface area contributed by atoms with Crippen molar-refractivity contribution in [3.05, 3.63) is 34.3 Å². The van der Waals surface area contributed by atoms with Gasteiger partial charge in [-0.3, -0.25) is 4.79 Å². The van der Waals surface area contributed by atoms with Gasteiger partial charge in [0.2, 0.25) is 5.91 Å². The van der Waals surface area contributed by atoms with Crippen molar-refractivity contribution in [1.82, 2.24) is 15.5 Å². The third kappa shape index (κ3) is 5.53. The van der Waals surface area contributed by atoms with Crippen LogP contribution in [0.15, 0.2) is 33.7 Å². The van der Waals surface area contributed by atoms with Crippen LogP contribution < -0.4 is 10.6 Å². The van der Waals surface area contributed by atoms with Gasteiger partial charge in [0.1, 0.15) is 0 Å². The summed E-state index contributed by atoms with van der Waals surface area (Å²) in [5.74, 6) is 1.04. The van der Waals surface area contributed by atoms with Crippen LogP contribution in [0.1, 0.15) is 32.3 Å². The highest BCUT2D eigenvalue weighted by Gasteiger charge is 2.25. The van der Waals surface area contributed by atoms with Gasteiger partial charge in [0.15, 0.2) is 5.96 Å². The molecule has 1 amide bonds. The summed E-state index contributed by atoms with van der Waals surface area (Å²) in [5.41, 5.74) is 1.16. The third-order valence-electron chi connectivity index (χ3n) is 3.84. The number of benzene rings is 1. The number of hydrogen-bond acceptors (Lipinski definition) is 2. The number of halogens is 1. The predicted octanol–water partition coefficient (Wildman–Crippen LogP) is 2.52. The van der Waals surface area contributed by atoms with E-state index >= 15 is 0 Å².